The number of benzene rings is 2. The van der Waals surface area contributed by atoms with E-state index in [1.54, 1.807) is 16.8 Å². The third-order valence-electron chi connectivity index (χ3n) is 3.76. The van der Waals surface area contributed by atoms with E-state index in [0.29, 0.717) is 16.3 Å². The van der Waals surface area contributed by atoms with Crippen molar-refractivity contribution in [3.05, 3.63) is 82.1 Å². The van der Waals surface area contributed by atoms with Crippen LogP contribution < -0.4 is 0 Å². The Morgan fingerprint density at radius 3 is 2.58 bits per heavy atom. The van der Waals surface area contributed by atoms with E-state index in [9.17, 15) is 4.79 Å². The van der Waals surface area contributed by atoms with E-state index in [0.717, 1.165) is 16.9 Å². The van der Waals surface area contributed by atoms with Gasteiger partial charge in [0.15, 0.2) is 0 Å². The van der Waals surface area contributed by atoms with Gasteiger partial charge in [-0.05, 0) is 43.7 Å². The summed E-state index contributed by atoms with van der Waals surface area (Å²) in [6.07, 6.45) is 0. The molecule has 4 nitrogen and oxygen atoms in total. The lowest BCUT2D eigenvalue weighted by Gasteiger charge is -2.07. The molecule has 0 fully saturated rings. The standard InChI is InChI=1S/C19H17ClN2O2/c1-13-18(14(2)22(21-13)17-9-4-3-5-10-17)19(23)24-12-15-7-6-8-16(20)11-15/h3-11H,12H2,1-2H3. The molecule has 3 aromatic rings. The minimum Gasteiger partial charge on any atom is -0.457 e. The first-order valence-electron chi connectivity index (χ1n) is 7.59. The quantitative estimate of drug-likeness (QED) is 0.657. The van der Waals surface area contributed by atoms with E-state index in [-0.39, 0.29) is 12.6 Å². The number of hydrogen-bond donors (Lipinski definition) is 0. The average Bonchev–Trinajstić information content (AvgIpc) is 2.88. The van der Waals surface area contributed by atoms with Gasteiger partial charge in [-0.2, -0.15) is 5.10 Å². The van der Waals surface area contributed by atoms with Crippen LogP contribution in [-0.4, -0.2) is 15.7 Å². The minimum atomic E-state index is -0.382. The van der Waals surface area contributed by atoms with Crippen LogP contribution in [0.2, 0.25) is 5.02 Å². The van der Waals surface area contributed by atoms with Crippen LogP contribution in [0.15, 0.2) is 54.6 Å². The molecule has 0 N–H and O–H groups in total. The molecule has 122 valence electrons. The molecular weight excluding hydrogens is 324 g/mol. The molecular formula is C19H17ClN2O2. The number of esters is 1. The Hall–Kier alpha value is -2.59. The van der Waals surface area contributed by atoms with Gasteiger partial charge in [-0.3, -0.25) is 0 Å². The molecule has 0 aliphatic carbocycles. The van der Waals surface area contributed by atoms with E-state index in [4.69, 9.17) is 16.3 Å². The van der Waals surface area contributed by atoms with Crippen LogP contribution in [0.25, 0.3) is 5.69 Å². The number of nitrogens with zero attached hydrogens (tertiary/aromatic N) is 2. The Labute approximate surface area is 145 Å². The number of halogens is 1. The lowest BCUT2D eigenvalue weighted by atomic mass is 10.2. The summed E-state index contributed by atoms with van der Waals surface area (Å²) in [5.41, 5.74) is 3.66. The molecule has 0 spiro atoms. The Bertz CT molecular complexity index is 872. The van der Waals surface area contributed by atoms with E-state index in [1.165, 1.54) is 0 Å². The highest BCUT2D eigenvalue weighted by Gasteiger charge is 2.20. The van der Waals surface area contributed by atoms with Crippen LogP contribution in [0, 0.1) is 13.8 Å². The summed E-state index contributed by atoms with van der Waals surface area (Å²) < 4.78 is 7.18. The number of ether oxygens (including phenoxy) is 1. The normalized spacial score (nSPS) is 10.6. The summed E-state index contributed by atoms with van der Waals surface area (Å²) >= 11 is 5.94. The molecule has 0 aliphatic heterocycles. The van der Waals surface area contributed by atoms with E-state index >= 15 is 0 Å². The average molecular weight is 341 g/mol. The van der Waals surface area contributed by atoms with Crippen molar-refractivity contribution in [2.24, 2.45) is 0 Å². The maximum absolute atomic E-state index is 12.5. The van der Waals surface area contributed by atoms with Crippen LogP contribution in [0.3, 0.4) is 0 Å². The predicted octanol–water partition coefficient (Wildman–Crippen LogP) is 4.50. The van der Waals surface area contributed by atoms with Crippen molar-refractivity contribution in [3.63, 3.8) is 0 Å². The Balaban J connectivity index is 1.82. The molecule has 5 heteroatoms. The molecule has 0 bridgehead atoms. The molecule has 0 amide bonds. The maximum Gasteiger partial charge on any atom is 0.342 e. The molecule has 0 saturated heterocycles. The summed E-state index contributed by atoms with van der Waals surface area (Å²) in [4.78, 5) is 12.5. The number of aromatic nitrogens is 2. The Morgan fingerprint density at radius 1 is 1.12 bits per heavy atom. The van der Waals surface area contributed by atoms with Crippen molar-refractivity contribution in [2.45, 2.75) is 20.5 Å². The fourth-order valence-corrected chi connectivity index (χ4v) is 2.82. The fraction of sp³-hybridized carbons (Fsp3) is 0.158. The first kappa shape index (κ1) is 16.3. The zero-order chi connectivity index (χ0) is 17.1. The third kappa shape index (κ3) is 3.34. The molecule has 2 aromatic carbocycles. The second-order valence-corrected chi connectivity index (χ2v) is 5.94. The molecule has 3 rings (SSSR count). The molecule has 24 heavy (non-hydrogen) atoms. The SMILES string of the molecule is Cc1nn(-c2ccccc2)c(C)c1C(=O)OCc1cccc(Cl)c1. The lowest BCUT2D eigenvalue weighted by Crippen LogP contribution is -2.08. The van der Waals surface area contributed by atoms with E-state index in [2.05, 4.69) is 5.10 Å². The zero-order valence-electron chi connectivity index (χ0n) is 13.5. The Morgan fingerprint density at radius 2 is 1.88 bits per heavy atom. The molecule has 0 unspecified atom stereocenters. The van der Waals surface area contributed by atoms with Crippen LogP contribution in [0.4, 0.5) is 0 Å². The largest absolute Gasteiger partial charge is 0.457 e. The van der Waals surface area contributed by atoms with Gasteiger partial charge in [0.25, 0.3) is 0 Å². The third-order valence-corrected chi connectivity index (χ3v) is 3.99. The van der Waals surface area contributed by atoms with Crippen molar-refractivity contribution in [3.8, 4) is 5.69 Å². The van der Waals surface area contributed by atoms with Gasteiger partial charge in [0.1, 0.15) is 12.2 Å². The molecule has 1 heterocycles. The van der Waals surface area contributed by atoms with Gasteiger partial charge in [-0.15, -0.1) is 0 Å². The van der Waals surface area contributed by atoms with Gasteiger partial charge in [0.2, 0.25) is 0 Å². The highest BCUT2D eigenvalue weighted by molar-refractivity contribution is 6.30. The monoisotopic (exact) mass is 340 g/mol. The molecule has 0 radical (unpaired) electrons. The van der Waals surface area contributed by atoms with Crippen molar-refractivity contribution >= 4 is 17.6 Å². The zero-order valence-corrected chi connectivity index (χ0v) is 14.2. The van der Waals surface area contributed by atoms with Gasteiger partial charge >= 0.3 is 5.97 Å². The van der Waals surface area contributed by atoms with Crippen LogP contribution in [0.5, 0.6) is 0 Å². The van der Waals surface area contributed by atoms with Gasteiger partial charge in [-0.1, -0.05) is 41.9 Å². The highest BCUT2D eigenvalue weighted by Crippen LogP contribution is 2.19. The molecule has 0 saturated carbocycles. The van der Waals surface area contributed by atoms with Crippen molar-refractivity contribution in [2.75, 3.05) is 0 Å². The lowest BCUT2D eigenvalue weighted by molar-refractivity contribution is 0.0471. The number of carbonyl (C=O) groups is 1. The van der Waals surface area contributed by atoms with Crippen LogP contribution in [-0.2, 0) is 11.3 Å². The predicted molar refractivity (Wildman–Crippen MR) is 93.6 cm³/mol. The molecule has 0 aliphatic rings. The van der Waals surface area contributed by atoms with Crippen molar-refractivity contribution < 1.29 is 9.53 Å². The highest BCUT2D eigenvalue weighted by atomic mass is 35.5. The van der Waals surface area contributed by atoms with Crippen molar-refractivity contribution in [1.82, 2.24) is 9.78 Å². The summed E-state index contributed by atoms with van der Waals surface area (Å²) in [6, 6.07) is 17.0. The van der Waals surface area contributed by atoms with Gasteiger partial charge in [0, 0.05) is 5.02 Å². The summed E-state index contributed by atoms with van der Waals surface area (Å²) in [5, 5.41) is 5.08. The molecule has 0 atom stereocenters. The topological polar surface area (TPSA) is 44.1 Å². The second kappa shape index (κ2) is 6.89. The molecule has 1 aromatic heterocycles. The summed E-state index contributed by atoms with van der Waals surface area (Å²) in [7, 11) is 0. The number of aryl methyl sites for hydroxylation is 1. The minimum absolute atomic E-state index is 0.175. The summed E-state index contributed by atoms with van der Waals surface area (Å²) in [6.45, 7) is 3.85. The smallest absolute Gasteiger partial charge is 0.342 e. The number of carbonyl (C=O) groups excluding carboxylic acids is 1. The Kier molecular flexibility index (Phi) is 4.67. The first-order valence-corrected chi connectivity index (χ1v) is 7.97. The van der Waals surface area contributed by atoms with Gasteiger partial charge in [-0.25, -0.2) is 9.48 Å². The number of para-hydroxylation sites is 1. The van der Waals surface area contributed by atoms with Crippen LogP contribution >= 0.6 is 11.6 Å². The maximum atomic E-state index is 12.5. The van der Waals surface area contributed by atoms with E-state index < -0.39 is 0 Å². The van der Waals surface area contributed by atoms with Gasteiger partial charge in [0.05, 0.1) is 17.1 Å². The van der Waals surface area contributed by atoms with E-state index in [1.807, 2.05) is 56.3 Å². The second-order valence-electron chi connectivity index (χ2n) is 5.50. The fourth-order valence-electron chi connectivity index (χ4n) is 2.61. The van der Waals surface area contributed by atoms with Crippen molar-refractivity contribution in [1.29, 1.82) is 0 Å². The number of hydrogen-bond acceptors (Lipinski definition) is 3. The summed E-state index contributed by atoms with van der Waals surface area (Å²) in [5.74, 6) is -0.382. The van der Waals surface area contributed by atoms with Gasteiger partial charge < -0.3 is 4.74 Å². The van der Waals surface area contributed by atoms with Crippen LogP contribution in [0.1, 0.15) is 27.3 Å². The first-order chi connectivity index (χ1) is 11.6. The number of rotatable bonds is 4.